The molecular weight excluding hydrogens is 632 g/mol. The predicted molar refractivity (Wildman–Crippen MR) is 145 cm³/mol. The molecule has 0 amide bonds. The summed E-state index contributed by atoms with van der Waals surface area (Å²) in [7, 11) is -9.93. The third-order valence-electron chi connectivity index (χ3n) is 8.28. The van der Waals surface area contributed by atoms with E-state index in [1.807, 2.05) is 0 Å². The van der Waals surface area contributed by atoms with Crippen LogP contribution < -0.4 is 11.5 Å². The predicted octanol–water partition coefficient (Wildman–Crippen LogP) is 1.65. The van der Waals surface area contributed by atoms with E-state index in [4.69, 9.17) is 29.6 Å². The van der Waals surface area contributed by atoms with E-state index in [1.165, 1.54) is 34.4 Å². The average Bonchev–Trinajstić information content (AvgIpc) is 3.73. The van der Waals surface area contributed by atoms with Crippen LogP contribution in [0.4, 0.5) is 20.4 Å². The average molecular weight is 658 g/mol. The molecule has 4 aromatic heterocycles. The molecule has 3 fully saturated rings. The molecule has 1 saturated heterocycles. The van der Waals surface area contributed by atoms with E-state index in [0.29, 0.717) is 0 Å². The summed E-state index contributed by atoms with van der Waals surface area (Å²) in [5.41, 5.74) is 12.5. The molecule has 3 aliphatic rings. The number of hydrogen-bond donors (Lipinski definition) is 4. The van der Waals surface area contributed by atoms with Crippen molar-refractivity contribution in [2.75, 3.05) is 24.7 Å². The minimum Gasteiger partial charge on any atom is -0.382 e. The Hall–Kier alpha value is -3.22. The Morgan fingerprint density at radius 2 is 1.14 bits per heavy atom. The molecule has 44 heavy (non-hydrogen) atoms. The van der Waals surface area contributed by atoms with Gasteiger partial charge >= 0.3 is 15.6 Å². The van der Waals surface area contributed by atoms with Gasteiger partial charge < -0.3 is 30.4 Å². The van der Waals surface area contributed by atoms with Gasteiger partial charge in [0.05, 0.1) is 38.0 Å². The van der Waals surface area contributed by atoms with Crippen molar-refractivity contribution in [2.24, 2.45) is 11.8 Å². The quantitative estimate of drug-likeness (QED) is 0.223. The lowest BCUT2D eigenvalue weighted by atomic mass is 10.1. The number of halogens is 2. The van der Waals surface area contributed by atoms with Gasteiger partial charge in [-0.25, -0.2) is 47.8 Å². The second-order valence-electron chi connectivity index (χ2n) is 10.8. The van der Waals surface area contributed by atoms with E-state index in [-0.39, 0.29) is 46.8 Å². The zero-order chi connectivity index (χ0) is 31.0. The van der Waals surface area contributed by atoms with Crippen molar-refractivity contribution < 1.29 is 45.8 Å². The maximum Gasteiger partial charge on any atom is 0.472 e. The Balaban J connectivity index is 1.17. The molecule has 7 rings (SSSR count). The van der Waals surface area contributed by atoms with Crippen LogP contribution in [0.1, 0.15) is 24.9 Å². The van der Waals surface area contributed by atoms with Crippen LogP contribution in [-0.4, -0.2) is 86.6 Å². The van der Waals surface area contributed by atoms with Gasteiger partial charge in [0.25, 0.3) is 0 Å². The number of hydrogen-bond acceptors (Lipinski definition) is 14. The number of rotatable bonds is 2. The standard InChI is InChI=1S/C22H26F2N10O8P2/c23-13-11(33-7-31-15-19(25)27-5-29-21(15)33)1-9-3-39-43(35,36)42-18-10(4-40-44(37,38)41-17(9)13)2-12(14(18)24)34-8-32-16-20(26)28-6-30-22(16)34/h5-14,17-18H,1-4H2,(H,35,36)(H,37,38)(H2,25,27,29)(H2,26,28,30)/t9-,10-,11-,12-,13-,14?,17?,18+/m1/s1. The highest BCUT2D eigenvalue weighted by Crippen LogP contribution is 2.57. The van der Waals surface area contributed by atoms with Crippen LogP contribution in [0.3, 0.4) is 0 Å². The first-order valence-corrected chi connectivity index (χ1v) is 16.4. The minimum atomic E-state index is -4.96. The fourth-order valence-corrected chi connectivity index (χ4v) is 8.30. The zero-order valence-electron chi connectivity index (χ0n) is 22.5. The first-order valence-electron chi connectivity index (χ1n) is 13.4. The number of phosphoric ester groups is 2. The lowest BCUT2D eigenvalue weighted by Crippen LogP contribution is -2.33. The van der Waals surface area contributed by atoms with Crippen LogP contribution in [0.2, 0.25) is 0 Å². The molecule has 0 spiro atoms. The Morgan fingerprint density at radius 3 is 1.55 bits per heavy atom. The lowest BCUT2D eigenvalue weighted by Gasteiger charge is -2.28. The summed E-state index contributed by atoms with van der Waals surface area (Å²) in [6, 6.07) is -2.09. The molecule has 18 nitrogen and oxygen atoms in total. The van der Waals surface area contributed by atoms with Crippen molar-refractivity contribution >= 4 is 49.6 Å². The summed E-state index contributed by atoms with van der Waals surface area (Å²) >= 11 is 0. The maximum atomic E-state index is 16.0. The summed E-state index contributed by atoms with van der Waals surface area (Å²) in [5, 5.41) is 0. The number of fused-ring (bicyclic) bond motifs is 4. The summed E-state index contributed by atoms with van der Waals surface area (Å²) in [6.07, 6.45) is -2.37. The smallest absolute Gasteiger partial charge is 0.382 e. The van der Waals surface area contributed by atoms with E-state index >= 15 is 8.78 Å². The van der Waals surface area contributed by atoms with Crippen molar-refractivity contribution in [3.63, 3.8) is 0 Å². The van der Waals surface area contributed by atoms with Crippen molar-refractivity contribution in [3.8, 4) is 0 Å². The van der Waals surface area contributed by atoms with Crippen molar-refractivity contribution in [3.05, 3.63) is 25.3 Å². The van der Waals surface area contributed by atoms with E-state index in [9.17, 15) is 18.9 Å². The summed E-state index contributed by atoms with van der Waals surface area (Å²) in [4.78, 5) is 45.4. The molecule has 10 atom stereocenters. The second-order valence-corrected chi connectivity index (χ2v) is 13.7. The van der Waals surface area contributed by atoms with Crippen LogP contribution in [0, 0.1) is 11.8 Å². The largest absolute Gasteiger partial charge is 0.472 e. The summed E-state index contributed by atoms with van der Waals surface area (Å²) in [6.45, 7) is -1.28. The van der Waals surface area contributed by atoms with Crippen molar-refractivity contribution in [2.45, 2.75) is 49.5 Å². The second kappa shape index (κ2) is 10.7. The fourth-order valence-electron chi connectivity index (χ4n) is 6.23. The number of nitrogens with zero attached hydrogens (tertiary/aromatic N) is 8. The summed E-state index contributed by atoms with van der Waals surface area (Å²) < 4.78 is 81.9. The molecule has 2 aliphatic carbocycles. The van der Waals surface area contributed by atoms with Gasteiger partial charge in [-0.15, -0.1) is 0 Å². The molecule has 0 bridgehead atoms. The highest BCUT2D eigenvalue weighted by Gasteiger charge is 2.53. The number of nitrogen functional groups attached to an aromatic ring is 2. The molecule has 5 heterocycles. The zero-order valence-corrected chi connectivity index (χ0v) is 24.3. The molecule has 22 heteroatoms. The Labute approximate surface area is 246 Å². The van der Waals surface area contributed by atoms with Gasteiger partial charge in [0.1, 0.15) is 48.2 Å². The van der Waals surface area contributed by atoms with Crippen LogP contribution in [0.15, 0.2) is 25.3 Å². The molecular formula is C22H26F2N10O8P2. The van der Waals surface area contributed by atoms with Gasteiger partial charge in [-0.3, -0.25) is 18.1 Å². The van der Waals surface area contributed by atoms with E-state index < -0.39 is 77.3 Å². The van der Waals surface area contributed by atoms with Gasteiger partial charge in [-0.2, -0.15) is 0 Å². The molecule has 4 unspecified atom stereocenters. The van der Waals surface area contributed by atoms with Gasteiger partial charge in [0, 0.05) is 11.8 Å². The molecule has 4 aromatic rings. The van der Waals surface area contributed by atoms with Crippen molar-refractivity contribution in [1.82, 2.24) is 39.0 Å². The fraction of sp³-hybridized carbons (Fsp3) is 0.545. The number of phosphoric acid groups is 2. The number of nitrogens with two attached hydrogens (primary N) is 2. The maximum absolute atomic E-state index is 16.0. The van der Waals surface area contributed by atoms with Crippen LogP contribution in [0.25, 0.3) is 22.3 Å². The summed E-state index contributed by atoms with van der Waals surface area (Å²) in [5.74, 6) is -1.96. The number of anilines is 2. The van der Waals surface area contributed by atoms with Crippen LogP contribution in [-0.2, 0) is 27.2 Å². The number of aromatic nitrogens is 8. The van der Waals surface area contributed by atoms with E-state index in [0.717, 1.165) is 0 Å². The highest BCUT2D eigenvalue weighted by atomic mass is 31.2. The number of imidazole rings is 2. The van der Waals surface area contributed by atoms with Crippen LogP contribution >= 0.6 is 15.6 Å². The monoisotopic (exact) mass is 658 g/mol. The Kier molecular flexibility index (Phi) is 7.17. The lowest BCUT2D eigenvalue weighted by molar-refractivity contribution is -0.0118. The van der Waals surface area contributed by atoms with Gasteiger partial charge in [-0.05, 0) is 12.8 Å². The normalized spacial score (nSPS) is 38.3. The Bertz CT molecular complexity index is 1700. The van der Waals surface area contributed by atoms with E-state index in [1.54, 1.807) is 0 Å². The van der Waals surface area contributed by atoms with E-state index in [2.05, 4.69) is 29.9 Å². The first kappa shape index (κ1) is 29.5. The SMILES string of the molecule is Nc1ncnc2c1ncn2[C@@H]1C[C@@H]2COP(=O)(O)OC3[C@@H](COP(=O)(O)O[C@@H]2C1F)C[C@@H](n1cnc2c(N)ncnc21)[C@H]3F. The van der Waals surface area contributed by atoms with Crippen molar-refractivity contribution in [1.29, 1.82) is 0 Å². The molecule has 0 aromatic carbocycles. The third-order valence-corrected chi connectivity index (χ3v) is 10.3. The molecule has 1 aliphatic heterocycles. The first-order chi connectivity index (χ1) is 20.9. The van der Waals surface area contributed by atoms with Gasteiger partial charge in [-0.1, -0.05) is 0 Å². The highest BCUT2D eigenvalue weighted by molar-refractivity contribution is 7.47. The Morgan fingerprint density at radius 1 is 0.727 bits per heavy atom. The van der Waals surface area contributed by atoms with Gasteiger partial charge in [0.15, 0.2) is 22.9 Å². The molecule has 6 N–H and O–H groups in total. The topological polar surface area (TPSA) is 251 Å². The number of alkyl halides is 2. The molecule has 2 saturated carbocycles. The third kappa shape index (κ3) is 5.04. The molecule has 0 radical (unpaired) electrons. The molecule has 236 valence electrons. The van der Waals surface area contributed by atoms with Crippen LogP contribution in [0.5, 0.6) is 0 Å². The minimum absolute atomic E-state index is 0.0671. The van der Waals surface area contributed by atoms with Gasteiger partial charge in [0.2, 0.25) is 0 Å².